The predicted octanol–water partition coefficient (Wildman–Crippen LogP) is 4.03. The van der Waals surface area contributed by atoms with Crippen LogP contribution >= 0.6 is 0 Å². The number of ether oxygens (including phenoxy) is 6. The normalized spacial score (nSPS) is 10.3. The monoisotopic (exact) mass is 565 g/mol. The van der Waals surface area contributed by atoms with Crippen molar-refractivity contribution in [1.29, 1.82) is 0 Å². The number of hydrogen-bond acceptors (Lipinski definition) is 12. The van der Waals surface area contributed by atoms with E-state index >= 15 is 0 Å². The van der Waals surface area contributed by atoms with Crippen LogP contribution in [-0.2, 0) is 16.1 Å². The van der Waals surface area contributed by atoms with Gasteiger partial charge >= 0.3 is 12.0 Å². The molecule has 2 aromatic carbocycles. The van der Waals surface area contributed by atoms with Crippen molar-refractivity contribution in [3.05, 3.63) is 69.1 Å². The van der Waals surface area contributed by atoms with E-state index in [1.807, 2.05) is 0 Å². The number of hydrogen-bond donors (Lipinski definition) is 1. The molecule has 212 valence electrons. The number of nitrogens with one attached hydrogen (secondary N) is 1. The van der Waals surface area contributed by atoms with Crippen LogP contribution in [0.5, 0.6) is 23.0 Å². The van der Waals surface area contributed by atoms with Crippen molar-refractivity contribution in [2.45, 2.75) is 6.61 Å². The van der Waals surface area contributed by atoms with E-state index in [-0.39, 0.29) is 30.2 Å². The molecule has 0 aliphatic heterocycles. The van der Waals surface area contributed by atoms with Gasteiger partial charge in [0, 0.05) is 10.9 Å². The quantitative estimate of drug-likeness (QED) is 0.0962. The van der Waals surface area contributed by atoms with Crippen molar-refractivity contribution in [3.63, 3.8) is 0 Å². The molecule has 0 radical (unpaired) electrons. The van der Waals surface area contributed by atoms with Gasteiger partial charge in [-0.15, -0.1) is 0 Å². The molecule has 2 heterocycles. The molecule has 2 aromatic heterocycles. The summed E-state index contributed by atoms with van der Waals surface area (Å²) in [6.45, 7) is -0.702. The fourth-order valence-electron chi connectivity index (χ4n) is 3.82. The predicted molar refractivity (Wildman–Crippen MR) is 141 cm³/mol. The summed E-state index contributed by atoms with van der Waals surface area (Å²) in [5, 5.41) is 18.2. The van der Waals surface area contributed by atoms with E-state index in [0.29, 0.717) is 39.5 Å². The summed E-state index contributed by atoms with van der Waals surface area (Å²) >= 11 is 0. The summed E-state index contributed by atoms with van der Waals surface area (Å²) in [7, 11) is 5.81. The smallest absolute Gasteiger partial charge is 0.495 e. The van der Waals surface area contributed by atoms with Crippen LogP contribution in [0, 0.1) is 22.0 Å². The lowest BCUT2D eigenvalue weighted by Crippen LogP contribution is -2.07. The molecule has 14 nitrogen and oxygen atoms in total. The van der Waals surface area contributed by atoms with E-state index in [1.165, 1.54) is 46.6 Å². The number of methoxy groups -OCH3 is 4. The Kier molecular flexibility index (Phi) is 8.58. The average molecular weight is 565 g/mol. The fourth-order valence-corrected chi connectivity index (χ4v) is 3.82. The first kappa shape index (κ1) is 28.3. The molecule has 0 saturated carbocycles. The topological polar surface area (TPSA) is 174 Å². The number of furan rings is 1. The Balaban J connectivity index is 1.52. The van der Waals surface area contributed by atoms with Crippen molar-refractivity contribution in [3.8, 4) is 34.8 Å². The van der Waals surface area contributed by atoms with E-state index in [9.17, 15) is 19.7 Å². The second-order valence-electron chi connectivity index (χ2n) is 8.01. The van der Waals surface area contributed by atoms with Crippen molar-refractivity contribution < 1.29 is 47.4 Å². The molecule has 0 aliphatic carbocycles. The van der Waals surface area contributed by atoms with Gasteiger partial charge in [0.25, 0.3) is 0 Å². The lowest BCUT2D eigenvalue weighted by atomic mass is 10.0. The molecule has 0 fully saturated rings. The minimum Gasteiger partial charge on any atom is -0.495 e. The first-order valence-electron chi connectivity index (χ1n) is 11.7. The van der Waals surface area contributed by atoms with Gasteiger partial charge in [-0.2, -0.15) is 5.10 Å². The van der Waals surface area contributed by atoms with E-state index in [0.717, 1.165) is 6.07 Å². The molecule has 41 heavy (non-hydrogen) atoms. The maximum absolute atomic E-state index is 13.4. The summed E-state index contributed by atoms with van der Waals surface area (Å²) in [4.78, 5) is 35.2. The molecule has 0 unspecified atom stereocenters. The third-order valence-corrected chi connectivity index (χ3v) is 5.70. The fraction of sp³-hybridized carbons (Fsp3) is 0.222. The Labute approximate surface area is 232 Å². The summed E-state index contributed by atoms with van der Waals surface area (Å²) in [6, 6.07) is 8.80. The SMILES string of the molecule is COc1cc(C(=O)c2n[nH]c3c(C#CCOC(=O)OCc4ccc([N+](=O)[O-])o4)c(OC)ccc23)cc(OC)c1OC. The molecule has 0 aliphatic rings. The van der Waals surface area contributed by atoms with E-state index in [2.05, 4.69) is 22.0 Å². The molecular weight excluding hydrogens is 542 g/mol. The number of nitro groups is 1. The van der Waals surface area contributed by atoms with Crippen LogP contribution in [0.25, 0.3) is 10.9 Å². The highest BCUT2D eigenvalue weighted by Gasteiger charge is 2.23. The van der Waals surface area contributed by atoms with Gasteiger partial charge in [0.15, 0.2) is 24.7 Å². The Bertz CT molecular complexity index is 1650. The lowest BCUT2D eigenvalue weighted by Gasteiger charge is -2.13. The zero-order valence-corrected chi connectivity index (χ0v) is 22.3. The Morgan fingerprint density at radius 3 is 2.29 bits per heavy atom. The summed E-state index contributed by atoms with van der Waals surface area (Å²) in [5.41, 5.74) is 1.18. The summed E-state index contributed by atoms with van der Waals surface area (Å²) < 4.78 is 36.1. The number of benzene rings is 2. The third-order valence-electron chi connectivity index (χ3n) is 5.70. The summed E-state index contributed by atoms with van der Waals surface area (Å²) in [5.74, 6) is 6.09. The standard InChI is InChI=1S/C27H23N3O11/c1-35-19-9-8-18-23(17(19)6-5-11-39-27(32)40-14-16-7-10-22(41-16)30(33)34)28-29-24(18)25(31)15-12-20(36-2)26(38-4)21(13-15)37-3/h7-10,12-13H,11,14H2,1-4H3,(H,28,29). The number of rotatable bonds is 10. The largest absolute Gasteiger partial charge is 0.509 e. The number of ketones is 1. The maximum Gasteiger partial charge on any atom is 0.509 e. The molecule has 0 atom stereocenters. The van der Waals surface area contributed by atoms with E-state index in [1.54, 1.807) is 12.1 Å². The Hall–Kier alpha value is -5.71. The lowest BCUT2D eigenvalue weighted by molar-refractivity contribution is -0.402. The number of nitrogens with zero attached hydrogens (tertiary/aromatic N) is 2. The van der Waals surface area contributed by atoms with Crippen LogP contribution in [0.15, 0.2) is 40.8 Å². The average Bonchev–Trinajstić information content (AvgIpc) is 3.64. The second kappa shape index (κ2) is 12.4. The van der Waals surface area contributed by atoms with Gasteiger partial charge in [0.05, 0.1) is 45.6 Å². The molecular formula is C27H23N3O11. The number of fused-ring (bicyclic) bond motifs is 1. The number of aromatic nitrogens is 2. The van der Waals surface area contributed by atoms with Crippen molar-refractivity contribution in [2.75, 3.05) is 35.0 Å². The highest BCUT2D eigenvalue weighted by atomic mass is 16.7. The zero-order chi connectivity index (χ0) is 29.5. The maximum atomic E-state index is 13.4. The van der Waals surface area contributed by atoms with Gasteiger partial charge in [-0.05, 0) is 30.3 Å². The van der Waals surface area contributed by atoms with Crippen LogP contribution in [-0.4, -0.2) is 62.1 Å². The van der Waals surface area contributed by atoms with Crippen LogP contribution in [0.1, 0.15) is 27.4 Å². The van der Waals surface area contributed by atoms with Crippen LogP contribution in [0.3, 0.4) is 0 Å². The van der Waals surface area contributed by atoms with Gasteiger partial charge in [0.2, 0.25) is 11.5 Å². The first-order valence-corrected chi connectivity index (χ1v) is 11.7. The number of aromatic amines is 1. The van der Waals surface area contributed by atoms with E-state index in [4.69, 9.17) is 32.8 Å². The second-order valence-corrected chi connectivity index (χ2v) is 8.01. The van der Waals surface area contributed by atoms with Crippen molar-refractivity contribution >= 4 is 28.7 Å². The molecule has 0 amide bonds. The van der Waals surface area contributed by atoms with Crippen molar-refractivity contribution in [1.82, 2.24) is 10.2 Å². The molecule has 0 spiro atoms. The molecule has 4 aromatic rings. The molecule has 1 N–H and O–H groups in total. The molecule has 14 heteroatoms. The van der Waals surface area contributed by atoms with Crippen LogP contribution in [0.4, 0.5) is 10.7 Å². The molecule has 4 rings (SSSR count). The van der Waals surface area contributed by atoms with Gasteiger partial charge in [-0.1, -0.05) is 11.8 Å². The minimum absolute atomic E-state index is 0.0762. The molecule has 0 saturated heterocycles. The third kappa shape index (κ3) is 5.98. The van der Waals surface area contributed by atoms with Crippen LogP contribution < -0.4 is 18.9 Å². The number of carbonyl (C=O) groups is 2. The van der Waals surface area contributed by atoms with Crippen molar-refractivity contribution in [2.24, 2.45) is 0 Å². The Morgan fingerprint density at radius 2 is 1.68 bits per heavy atom. The highest BCUT2D eigenvalue weighted by molar-refractivity contribution is 6.16. The zero-order valence-electron chi connectivity index (χ0n) is 22.3. The van der Waals surface area contributed by atoms with E-state index < -0.39 is 22.7 Å². The number of carbonyl (C=O) groups excluding carboxylic acids is 2. The van der Waals surface area contributed by atoms with Gasteiger partial charge < -0.3 is 32.8 Å². The summed E-state index contributed by atoms with van der Waals surface area (Å²) in [6.07, 6.45) is -1.05. The Morgan fingerprint density at radius 1 is 0.976 bits per heavy atom. The van der Waals surface area contributed by atoms with Gasteiger partial charge in [-0.3, -0.25) is 20.0 Å². The first-order chi connectivity index (χ1) is 19.8. The minimum atomic E-state index is -1.05. The van der Waals surface area contributed by atoms with Crippen LogP contribution in [0.2, 0.25) is 0 Å². The number of H-pyrrole nitrogens is 1. The highest BCUT2D eigenvalue weighted by Crippen LogP contribution is 2.39. The van der Waals surface area contributed by atoms with Gasteiger partial charge in [0.1, 0.15) is 22.1 Å². The van der Waals surface area contributed by atoms with Gasteiger partial charge in [-0.25, -0.2) is 4.79 Å². The molecule has 0 bridgehead atoms.